The zero-order chi connectivity index (χ0) is 15.5. The number of hydrogen-bond acceptors (Lipinski definition) is 3. The highest BCUT2D eigenvalue weighted by Gasteiger charge is 2.29. The Morgan fingerprint density at radius 1 is 1.45 bits per heavy atom. The molecule has 22 heavy (non-hydrogen) atoms. The van der Waals surface area contributed by atoms with E-state index >= 15 is 0 Å². The Kier molecular flexibility index (Phi) is 4.59. The molecule has 0 bridgehead atoms. The molecule has 116 valence electrons. The van der Waals surface area contributed by atoms with Gasteiger partial charge in [-0.2, -0.15) is 5.10 Å². The molecule has 3 rings (SSSR count). The molecule has 0 aliphatic carbocycles. The summed E-state index contributed by atoms with van der Waals surface area (Å²) < 4.78 is 2.73. The maximum absolute atomic E-state index is 12.7. The van der Waals surface area contributed by atoms with E-state index in [1.165, 1.54) is 0 Å². The van der Waals surface area contributed by atoms with Crippen molar-refractivity contribution >= 4 is 21.8 Å². The molecular formula is C16H19BrN4O. The Hall–Kier alpha value is -1.66. The van der Waals surface area contributed by atoms with Crippen LogP contribution in [0.1, 0.15) is 23.3 Å². The standard InChI is InChI=1S/C16H19BrN4O/c1-18-11-14-6-3-8-20(14)16(22)15-7-9-21(19-15)13-5-2-4-12(17)10-13/h2,4-5,7,9-10,14,18H,3,6,8,11H2,1H3. The average Bonchev–Trinajstić information content (AvgIpc) is 3.16. The zero-order valence-corrected chi connectivity index (χ0v) is 14.1. The van der Waals surface area contributed by atoms with Gasteiger partial charge in [-0.25, -0.2) is 4.68 Å². The van der Waals surface area contributed by atoms with Crippen LogP contribution in [0.4, 0.5) is 0 Å². The lowest BCUT2D eigenvalue weighted by atomic mass is 10.2. The normalized spacial score (nSPS) is 17.9. The van der Waals surface area contributed by atoms with Crippen molar-refractivity contribution in [3.8, 4) is 5.69 Å². The summed E-state index contributed by atoms with van der Waals surface area (Å²) >= 11 is 3.45. The number of benzene rings is 1. The average molecular weight is 363 g/mol. The maximum atomic E-state index is 12.7. The van der Waals surface area contributed by atoms with Crippen molar-refractivity contribution in [2.45, 2.75) is 18.9 Å². The predicted octanol–water partition coefficient (Wildman–Crippen LogP) is 2.46. The summed E-state index contributed by atoms with van der Waals surface area (Å²) in [7, 11) is 1.92. The second-order valence-electron chi connectivity index (χ2n) is 5.48. The second kappa shape index (κ2) is 6.62. The Labute approximate surface area is 138 Å². The lowest BCUT2D eigenvalue weighted by Crippen LogP contribution is -2.41. The SMILES string of the molecule is CNCC1CCCN1C(=O)c1ccn(-c2cccc(Br)c2)n1. The highest BCUT2D eigenvalue weighted by atomic mass is 79.9. The van der Waals surface area contributed by atoms with Gasteiger partial charge in [-0.1, -0.05) is 22.0 Å². The summed E-state index contributed by atoms with van der Waals surface area (Å²) in [6, 6.07) is 9.91. The first-order valence-electron chi connectivity index (χ1n) is 7.46. The van der Waals surface area contributed by atoms with Gasteiger partial charge in [0, 0.05) is 29.8 Å². The van der Waals surface area contributed by atoms with Crippen molar-refractivity contribution in [1.82, 2.24) is 20.0 Å². The number of rotatable bonds is 4. The van der Waals surface area contributed by atoms with E-state index in [1.807, 2.05) is 42.4 Å². The minimum absolute atomic E-state index is 0.0199. The zero-order valence-electron chi connectivity index (χ0n) is 12.5. The molecule has 1 N–H and O–H groups in total. The number of amides is 1. The first-order chi connectivity index (χ1) is 10.7. The van der Waals surface area contributed by atoms with Crippen LogP contribution in [0.15, 0.2) is 41.0 Å². The van der Waals surface area contributed by atoms with E-state index in [0.717, 1.165) is 36.1 Å². The van der Waals surface area contributed by atoms with Gasteiger partial charge in [-0.15, -0.1) is 0 Å². The highest BCUT2D eigenvalue weighted by molar-refractivity contribution is 9.10. The van der Waals surface area contributed by atoms with Gasteiger partial charge < -0.3 is 10.2 Å². The Morgan fingerprint density at radius 2 is 2.32 bits per heavy atom. The summed E-state index contributed by atoms with van der Waals surface area (Å²) in [4.78, 5) is 14.6. The Morgan fingerprint density at radius 3 is 3.09 bits per heavy atom. The van der Waals surface area contributed by atoms with Crippen molar-refractivity contribution in [3.63, 3.8) is 0 Å². The van der Waals surface area contributed by atoms with Crippen LogP contribution in [0.5, 0.6) is 0 Å². The Balaban J connectivity index is 1.80. The van der Waals surface area contributed by atoms with E-state index in [9.17, 15) is 4.79 Å². The van der Waals surface area contributed by atoms with Gasteiger partial charge in [0.1, 0.15) is 0 Å². The number of likely N-dealkylation sites (N-methyl/N-ethyl adjacent to an activating group) is 1. The van der Waals surface area contributed by atoms with Crippen molar-refractivity contribution in [1.29, 1.82) is 0 Å². The van der Waals surface area contributed by atoms with E-state index in [1.54, 1.807) is 10.7 Å². The van der Waals surface area contributed by atoms with Crippen LogP contribution in [0.3, 0.4) is 0 Å². The molecule has 2 heterocycles. The van der Waals surface area contributed by atoms with Gasteiger partial charge in [-0.05, 0) is 44.2 Å². The number of aromatic nitrogens is 2. The number of nitrogens with one attached hydrogen (secondary N) is 1. The molecular weight excluding hydrogens is 344 g/mol. The number of halogens is 1. The fourth-order valence-electron chi connectivity index (χ4n) is 2.90. The quantitative estimate of drug-likeness (QED) is 0.908. The molecule has 1 fully saturated rings. The summed E-state index contributed by atoms with van der Waals surface area (Å²) in [6.45, 7) is 1.65. The summed E-state index contributed by atoms with van der Waals surface area (Å²) in [5, 5.41) is 7.60. The lowest BCUT2D eigenvalue weighted by Gasteiger charge is -2.23. The van der Waals surface area contributed by atoms with E-state index < -0.39 is 0 Å². The lowest BCUT2D eigenvalue weighted by molar-refractivity contribution is 0.0730. The van der Waals surface area contributed by atoms with Gasteiger partial charge in [0.25, 0.3) is 5.91 Å². The third kappa shape index (κ3) is 3.08. The molecule has 6 heteroatoms. The van der Waals surface area contributed by atoms with Gasteiger partial charge in [0.2, 0.25) is 0 Å². The fraction of sp³-hybridized carbons (Fsp3) is 0.375. The number of likely N-dealkylation sites (tertiary alicyclic amines) is 1. The molecule has 1 unspecified atom stereocenters. The van der Waals surface area contributed by atoms with Gasteiger partial charge >= 0.3 is 0 Å². The van der Waals surface area contributed by atoms with Gasteiger partial charge in [-0.3, -0.25) is 4.79 Å². The molecule has 1 aromatic heterocycles. The van der Waals surface area contributed by atoms with Gasteiger partial charge in [0.05, 0.1) is 5.69 Å². The third-order valence-electron chi connectivity index (χ3n) is 3.96. The van der Waals surface area contributed by atoms with Crippen molar-refractivity contribution in [2.75, 3.05) is 20.1 Å². The molecule has 1 saturated heterocycles. The van der Waals surface area contributed by atoms with Crippen LogP contribution < -0.4 is 5.32 Å². The van der Waals surface area contributed by atoms with Crippen LogP contribution in [-0.2, 0) is 0 Å². The number of carbonyl (C=O) groups is 1. The summed E-state index contributed by atoms with van der Waals surface area (Å²) in [6.07, 6.45) is 3.95. The molecule has 1 amide bonds. The number of hydrogen-bond donors (Lipinski definition) is 1. The number of nitrogens with zero attached hydrogens (tertiary/aromatic N) is 3. The Bertz CT molecular complexity index is 670. The topological polar surface area (TPSA) is 50.2 Å². The maximum Gasteiger partial charge on any atom is 0.274 e. The second-order valence-corrected chi connectivity index (χ2v) is 6.39. The molecule has 0 radical (unpaired) electrons. The first-order valence-corrected chi connectivity index (χ1v) is 8.25. The van der Waals surface area contributed by atoms with E-state index in [4.69, 9.17) is 0 Å². The minimum Gasteiger partial charge on any atom is -0.333 e. The van der Waals surface area contributed by atoms with E-state index in [0.29, 0.717) is 5.69 Å². The predicted molar refractivity (Wildman–Crippen MR) is 89.2 cm³/mol. The van der Waals surface area contributed by atoms with Crippen LogP contribution in [0.2, 0.25) is 0 Å². The van der Waals surface area contributed by atoms with Crippen molar-refractivity contribution in [2.24, 2.45) is 0 Å². The molecule has 1 aliphatic heterocycles. The summed E-state index contributed by atoms with van der Waals surface area (Å²) in [5.41, 5.74) is 1.43. The van der Waals surface area contributed by atoms with Crippen LogP contribution in [0, 0.1) is 0 Å². The highest BCUT2D eigenvalue weighted by Crippen LogP contribution is 2.20. The van der Waals surface area contributed by atoms with Crippen LogP contribution in [0.25, 0.3) is 5.69 Å². The fourth-order valence-corrected chi connectivity index (χ4v) is 3.29. The van der Waals surface area contributed by atoms with Crippen LogP contribution >= 0.6 is 15.9 Å². The van der Waals surface area contributed by atoms with Gasteiger partial charge in [0.15, 0.2) is 5.69 Å². The molecule has 0 saturated carbocycles. The third-order valence-corrected chi connectivity index (χ3v) is 4.45. The molecule has 5 nitrogen and oxygen atoms in total. The molecule has 1 aliphatic rings. The molecule has 0 spiro atoms. The summed E-state index contributed by atoms with van der Waals surface area (Å²) in [5.74, 6) is 0.0199. The molecule has 1 aromatic carbocycles. The van der Waals surface area contributed by atoms with E-state index in [2.05, 4.69) is 26.3 Å². The first kappa shape index (κ1) is 15.2. The minimum atomic E-state index is 0.0199. The largest absolute Gasteiger partial charge is 0.333 e. The molecule has 1 atom stereocenters. The number of carbonyl (C=O) groups excluding carboxylic acids is 1. The van der Waals surface area contributed by atoms with Crippen molar-refractivity contribution < 1.29 is 4.79 Å². The van der Waals surface area contributed by atoms with E-state index in [-0.39, 0.29) is 11.9 Å². The monoisotopic (exact) mass is 362 g/mol. The molecule has 2 aromatic rings. The smallest absolute Gasteiger partial charge is 0.274 e. The van der Waals surface area contributed by atoms with Crippen molar-refractivity contribution in [3.05, 3.63) is 46.7 Å². The van der Waals surface area contributed by atoms with Crippen LogP contribution in [-0.4, -0.2) is 46.8 Å².